The summed E-state index contributed by atoms with van der Waals surface area (Å²) in [4.78, 5) is 2.14. The Morgan fingerprint density at radius 2 is 2.17 bits per heavy atom. The van der Waals surface area contributed by atoms with Crippen molar-refractivity contribution < 1.29 is 14.6 Å². The molecule has 0 aromatic heterocycles. The van der Waals surface area contributed by atoms with Crippen LogP contribution in [0.1, 0.15) is 5.56 Å². The molecule has 1 aromatic rings. The SMILES string of the molecule is Cc1cc2c(c(N3CCNC(O)C3)c1)OCCO2. The summed E-state index contributed by atoms with van der Waals surface area (Å²) in [5.41, 5.74) is 2.16. The molecule has 0 saturated carbocycles. The van der Waals surface area contributed by atoms with E-state index in [1.165, 1.54) is 0 Å². The maximum absolute atomic E-state index is 9.69. The molecule has 0 aliphatic carbocycles. The van der Waals surface area contributed by atoms with Crippen LogP contribution in [0.5, 0.6) is 11.5 Å². The van der Waals surface area contributed by atoms with Crippen molar-refractivity contribution >= 4 is 5.69 Å². The van der Waals surface area contributed by atoms with Crippen LogP contribution < -0.4 is 19.7 Å². The van der Waals surface area contributed by atoms with Crippen molar-refractivity contribution in [2.75, 3.05) is 37.7 Å². The summed E-state index contributed by atoms with van der Waals surface area (Å²) < 4.78 is 11.4. The number of hydrogen-bond donors (Lipinski definition) is 2. The number of aliphatic hydroxyl groups is 1. The van der Waals surface area contributed by atoms with E-state index in [1.807, 2.05) is 13.0 Å². The van der Waals surface area contributed by atoms with Gasteiger partial charge in [0.05, 0.1) is 12.2 Å². The zero-order valence-electron chi connectivity index (χ0n) is 10.5. The van der Waals surface area contributed by atoms with Gasteiger partial charge >= 0.3 is 0 Å². The Bertz CT molecular complexity index is 450. The van der Waals surface area contributed by atoms with Gasteiger partial charge in [0.15, 0.2) is 11.5 Å². The zero-order chi connectivity index (χ0) is 12.5. The second kappa shape index (κ2) is 4.66. The van der Waals surface area contributed by atoms with Gasteiger partial charge in [0, 0.05) is 13.1 Å². The lowest BCUT2D eigenvalue weighted by Crippen LogP contribution is -2.50. The summed E-state index contributed by atoms with van der Waals surface area (Å²) >= 11 is 0. The lowest BCUT2D eigenvalue weighted by molar-refractivity contribution is 0.130. The molecule has 1 unspecified atom stereocenters. The minimum atomic E-state index is -0.487. The lowest BCUT2D eigenvalue weighted by atomic mass is 10.1. The van der Waals surface area contributed by atoms with E-state index in [9.17, 15) is 5.11 Å². The minimum Gasteiger partial charge on any atom is -0.486 e. The molecule has 3 rings (SSSR count). The third kappa shape index (κ3) is 2.11. The Hall–Kier alpha value is -1.46. The molecule has 0 radical (unpaired) electrons. The number of ether oxygens (including phenoxy) is 2. The van der Waals surface area contributed by atoms with Gasteiger partial charge in [0.25, 0.3) is 0 Å². The maximum atomic E-state index is 9.69. The number of nitrogens with one attached hydrogen (secondary N) is 1. The highest BCUT2D eigenvalue weighted by atomic mass is 16.6. The van der Waals surface area contributed by atoms with Gasteiger partial charge in [-0.25, -0.2) is 0 Å². The fourth-order valence-electron chi connectivity index (χ4n) is 2.45. The highest BCUT2D eigenvalue weighted by molar-refractivity contribution is 5.67. The van der Waals surface area contributed by atoms with Crippen molar-refractivity contribution in [2.45, 2.75) is 13.2 Å². The summed E-state index contributed by atoms with van der Waals surface area (Å²) in [6, 6.07) is 4.09. The first-order valence-corrected chi connectivity index (χ1v) is 6.31. The van der Waals surface area contributed by atoms with Gasteiger partial charge in [-0.3, -0.25) is 5.32 Å². The molecular weight excluding hydrogens is 232 g/mol. The van der Waals surface area contributed by atoms with Crippen molar-refractivity contribution in [1.29, 1.82) is 0 Å². The number of benzene rings is 1. The average molecular weight is 250 g/mol. The van der Waals surface area contributed by atoms with Gasteiger partial charge in [0.2, 0.25) is 0 Å². The summed E-state index contributed by atoms with van der Waals surface area (Å²) in [5, 5.41) is 12.7. The van der Waals surface area contributed by atoms with Crippen molar-refractivity contribution in [3.8, 4) is 11.5 Å². The summed E-state index contributed by atoms with van der Waals surface area (Å²) in [6.07, 6.45) is -0.487. The highest BCUT2D eigenvalue weighted by Gasteiger charge is 2.24. The summed E-state index contributed by atoms with van der Waals surface area (Å²) in [6.45, 7) is 5.42. The number of β-amino-alcohol motifs (C(OH)–C–C–N with tert-alkyl or cyclic N) is 1. The number of anilines is 1. The molecule has 2 N–H and O–H groups in total. The second-order valence-corrected chi connectivity index (χ2v) is 4.72. The third-order valence-corrected chi connectivity index (χ3v) is 3.26. The van der Waals surface area contributed by atoms with Crippen LogP contribution >= 0.6 is 0 Å². The normalized spacial score (nSPS) is 23.0. The smallest absolute Gasteiger partial charge is 0.184 e. The predicted octanol–water partition coefficient (Wildman–Crippen LogP) is 0.494. The van der Waals surface area contributed by atoms with Crippen LogP contribution in [0.4, 0.5) is 5.69 Å². The number of nitrogens with zero attached hydrogens (tertiary/aromatic N) is 1. The third-order valence-electron chi connectivity index (χ3n) is 3.26. The number of rotatable bonds is 1. The molecule has 98 valence electrons. The standard InChI is InChI=1S/C13H18N2O3/c1-9-6-10(15-3-2-14-12(16)8-15)13-11(7-9)17-4-5-18-13/h6-7,12,14,16H,2-5,8H2,1H3. The van der Waals surface area contributed by atoms with Crippen LogP contribution in [0.2, 0.25) is 0 Å². The van der Waals surface area contributed by atoms with Crippen molar-refractivity contribution in [2.24, 2.45) is 0 Å². The molecular formula is C13H18N2O3. The fraction of sp³-hybridized carbons (Fsp3) is 0.538. The van der Waals surface area contributed by atoms with Gasteiger partial charge in [-0.05, 0) is 24.6 Å². The van der Waals surface area contributed by atoms with E-state index in [2.05, 4.69) is 16.3 Å². The first-order valence-electron chi connectivity index (χ1n) is 6.31. The van der Waals surface area contributed by atoms with Crippen LogP contribution in [-0.2, 0) is 0 Å². The molecule has 5 heteroatoms. The summed E-state index contributed by atoms with van der Waals surface area (Å²) in [5.74, 6) is 1.62. The molecule has 1 atom stereocenters. The topological polar surface area (TPSA) is 54.0 Å². The van der Waals surface area contributed by atoms with Crippen LogP contribution in [-0.4, -0.2) is 44.2 Å². The van der Waals surface area contributed by atoms with Gasteiger partial charge in [0.1, 0.15) is 19.4 Å². The van der Waals surface area contributed by atoms with E-state index >= 15 is 0 Å². The molecule has 1 fully saturated rings. The van der Waals surface area contributed by atoms with Crippen LogP contribution in [0, 0.1) is 6.92 Å². The average Bonchev–Trinajstić information content (AvgIpc) is 2.37. The maximum Gasteiger partial charge on any atom is 0.184 e. The largest absolute Gasteiger partial charge is 0.486 e. The molecule has 1 saturated heterocycles. The van der Waals surface area contributed by atoms with E-state index < -0.39 is 6.23 Å². The van der Waals surface area contributed by atoms with Crippen LogP contribution in [0.15, 0.2) is 12.1 Å². The molecule has 1 aromatic carbocycles. The highest BCUT2D eigenvalue weighted by Crippen LogP contribution is 2.41. The monoisotopic (exact) mass is 250 g/mol. The van der Waals surface area contributed by atoms with E-state index in [-0.39, 0.29) is 0 Å². The Balaban J connectivity index is 1.97. The second-order valence-electron chi connectivity index (χ2n) is 4.72. The molecule has 0 spiro atoms. The Morgan fingerprint density at radius 3 is 3.00 bits per heavy atom. The Morgan fingerprint density at radius 1 is 1.33 bits per heavy atom. The lowest BCUT2D eigenvalue weighted by Gasteiger charge is -2.35. The number of hydrogen-bond acceptors (Lipinski definition) is 5. The Labute approximate surface area is 106 Å². The van der Waals surface area contributed by atoms with Crippen LogP contribution in [0.25, 0.3) is 0 Å². The van der Waals surface area contributed by atoms with E-state index in [4.69, 9.17) is 9.47 Å². The number of fused-ring (bicyclic) bond motifs is 1. The van der Waals surface area contributed by atoms with Crippen molar-refractivity contribution in [3.63, 3.8) is 0 Å². The molecule has 2 aliphatic rings. The number of piperazine rings is 1. The van der Waals surface area contributed by atoms with Gasteiger partial charge < -0.3 is 19.5 Å². The van der Waals surface area contributed by atoms with E-state index in [0.29, 0.717) is 19.8 Å². The first kappa shape index (κ1) is 11.6. The van der Waals surface area contributed by atoms with E-state index in [1.54, 1.807) is 0 Å². The minimum absolute atomic E-state index is 0.487. The molecule has 5 nitrogen and oxygen atoms in total. The number of aryl methyl sites for hydroxylation is 1. The van der Waals surface area contributed by atoms with Gasteiger partial charge in [-0.1, -0.05) is 0 Å². The predicted molar refractivity (Wildman–Crippen MR) is 68.4 cm³/mol. The van der Waals surface area contributed by atoms with E-state index in [0.717, 1.165) is 35.8 Å². The van der Waals surface area contributed by atoms with Crippen molar-refractivity contribution in [3.05, 3.63) is 17.7 Å². The van der Waals surface area contributed by atoms with Crippen LogP contribution in [0.3, 0.4) is 0 Å². The quantitative estimate of drug-likeness (QED) is 0.760. The van der Waals surface area contributed by atoms with Crippen molar-refractivity contribution in [1.82, 2.24) is 5.32 Å². The molecule has 0 amide bonds. The molecule has 18 heavy (non-hydrogen) atoms. The van der Waals surface area contributed by atoms with Gasteiger partial charge in [-0.2, -0.15) is 0 Å². The first-order chi connectivity index (χ1) is 8.74. The van der Waals surface area contributed by atoms with Gasteiger partial charge in [-0.15, -0.1) is 0 Å². The Kier molecular flexibility index (Phi) is 3.01. The summed E-state index contributed by atoms with van der Waals surface area (Å²) in [7, 11) is 0. The molecule has 0 bridgehead atoms. The fourth-order valence-corrected chi connectivity index (χ4v) is 2.45. The molecule has 2 aliphatic heterocycles. The number of aliphatic hydroxyl groups excluding tert-OH is 1. The molecule has 2 heterocycles. The zero-order valence-corrected chi connectivity index (χ0v) is 10.5.